The molecule has 0 bridgehead atoms. The lowest BCUT2D eigenvalue weighted by Gasteiger charge is -1.96. The number of benzene rings is 4. The van der Waals surface area contributed by atoms with Gasteiger partial charge in [0.1, 0.15) is 10.0 Å². The van der Waals surface area contributed by atoms with Gasteiger partial charge in [-0.1, -0.05) is 60.7 Å². The largest absolute Gasteiger partial charge is 0.237 e. The third kappa shape index (κ3) is 2.53. The number of hydrogen-bond acceptors (Lipinski definition) is 4. The van der Waals surface area contributed by atoms with Crippen molar-refractivity contribution in [3.63, 3.8) is 0 Å². The second-order valence-electron chi connectivity index (χ2n) is 6.71. The van der Waals surface area contributed by atoms with Crippen LogP contribution in [-0.4, -0.2) is 9.97 Å². The summed E-state index contributed by atoms with van der Waals surface area (Å²) in [6.45, 7) is 0. The van der Waals surface area contributed by atoms with Crippen molar-refractivity contribution < 1.29 is 0 Å². The SMILES string of the molecule is C(=Cc1nc2ccc3ccccc3c2s1)c1nc2c(ccc3ccccc32)s1. The molecule has 0 fully saturated rings. The van der Waals surface area contributed by atoms with Crippen LogP contribution in [0, 0.1) is 0 Å². The van der Waals surface area contributed by atoms with Crippen LogP contribution in [0.25, 0.3) is 54.1 Å². The quantitative estimate of drug-likeness (QED) is 0.306. The number of nitrogens with zero attached hydrogens (tertiary/aromatic N) is 2. The Morgan fingerprint density at radius 1 is 0.607 bits per heavy atom. The zero-order chi connectivity index (χ0) is 18.5. The molecule has 0 saturated heterocycles. The lowest BCUT2D eigenvalue weighted by molar-refractivity contribution is 1.46. The van der Waals surface area contributed by atoms with Gasteiger partial charge >= 0.3 is 0 Å². The maximum atomic E-state index is 4.87. The standard InChI is InChI=1S/C24H14N2S2/c1-3-7-17-15(5-1)10-12-20-23(17)26-22(27-20)14-13-21-25-19-11-9-16-6-2-4-8-18(16)24(19)28-21/h1-14H. The van der Waals surface area contributed by atoms with Crippen LogP contribution in [0.2, 0.25) is 0 Å². The summed E-state index contributed by atoms with van der Waals surface area (Å²) in [5.41, 5.74) is 2.14. The molecule has 0 radical (unpaired) electrons. The van der Waals surface area contributed by atoms with Gasteiger partial charge in [0.05, 0.1) is 20.4 Å². The van der Waals surface area contributed by atoms with E-state index in [0.717, 1.165) is 21.0 Å². The number of aromatic nitrogens is 2. The monoisotopic (exact) mass is 394 g/mol. The lowest BCUT2D eigenvalue weighted by atomic mass is 10.1. The summed E-state index contributed by atoms with van der Waals surface area (Å²) in [6.07, 6.45) is 4.17. The minimum Gasteiger partial charge on any atom is -0.237 e. The molecular formula is C24H14N2S2. The Hall–Kier alpha value is -3.08. The van der Waals surface area contributed by atoms with E-state index in [-0.39, 0.29) is 0 Å². The lowest BCUT2D eigenvalue weighted by Crippen LogP contribution is -1.75. The highest BCUT2D eigenvalue weighted by molar-refractivity contribution is 7.20. The smallest absolute Gasteiger partial charge is 0.117 e. The van der Waals surface area contributed by atoms with E-state index in [2.05, 4.69) is 84.9 Å². The van der Waals surface area contributed by atoms with Gasteiger partial charge in [0.2, 0.25) is 0 Å². The van der Waals surface area contributed by atoms with E-state index in [1.54, 1.807) is 22.7 Å². The third-order valence-corrected chi connectivity index (χ3v) is 7.02. The minimum atomic E-state index is 1.01. The first kappa shape index (κ1) is 15.9. The molecule has 6 aromatic rings. The van der Waals surface area contributed by atoms with Gasteiger partial charge in [0, 0.05) is 10.8 Å². The van der Waals surface area contributed by atoms with Crippen molar-refractivity contribution in [3.05, 3.63) is 82.8 Å². The van der Waals surface area contributed by atoms with E-state index in [0.29, 0.717) is 0 Å². The number of hydrogen-bond donors (Lipinski definition) is 0. The summed E-state index contributed by atoms with van der Waals surface area (Å²) < 4.78 is 2.46. The van der Waals surface area contributed by atoms with Crippen molar-refractivity contribution in [2.75, 3.05) is 0 Å². The molecular weight excluding hydrogens is 380 g/mol. The Kier molecular flexibility index (Phi) is 3.54. The van der Waals surface area contributed by atoms with Gasteiger partial charge in [-0.15, -0.1) is 22.7 Å². The number of fused-ring (bicyclic) bond motifs is 6. The van der Waals surface area contributed by atoms with E-state index < -0.39 is 0 Å². The summed E-state index contributed by atoms with van der Waals surface area (Å²) in [5, 5.41) is 6.98. The van der Waals surface area contributed by atoms with Crippen molar-refractivity contribution in [1.82, 2.24) is 9.97 Å². The van der Waals surface area contributed by atoms with Crippen molar-refractivity contribution in [2.24, 2.45) is 0 Å². The molecule has 0 aliphatic carbocycles. The zero-order valence-corrected chi connectivity index (χ0v) is 16.4. The predicted octanol–water partition coefficient (Wildman–Crippen LogP) is 7.38. The molecule has 0 N–H and O–H groups in total. The number of thiazole rings is 2. The average molecular weight is 395 g/mol. The van der Waals surface area contributed by atoms with Crippen molar-refractivity contribution in [1.29, 1.82) is 0 Å². The molecule has 0 aliphatic rings. The van der Waals surface area contributed by atoms with Crippen LogP contribution < -0.4 is 0 Å². The van der Waals surface area contributed by atoms with Gasteiger partial charge in [0.15, 0.2) is 0 Å². The van der Waals surface area contributed by atoms with Gasteiger partial charge in [-0.3, -0.25) is 0 Å². The summed E-state index contributed by atoms with van der Waals surface area (Å²) in [5.74, 6) is 0. The van der Waals surface area contributed by atoms with Gasteiger partial charge in [-0.05, 0) is 35.1 Å². The van der Waals surface area contributed by atoms with Crippen LogP contribution >= 0.6 is 22.7 Å². The maximum absolute atomic E-state index is 4.87. The van der Waals surface area contributed by atoms with Crippen molar-refractivity contribution in [2.45, 2.75) is 0 Å². The molecule has 0 saturated carbocycles. The summed E-state index contributed by atoms with van der Waals surface area (Å²) in [7, 11) is 0. The van der Waals surface area contributed by atoms with E-state index in [1.807, 2.05) is 0 Å². The molecule has 4 heteroatoms. The second kappa shape index (κ2) is 6.23. The van der Waals surface area contributed by atoms with Crippen molar-refractivity contribution >= 4 is 76.8 Å². The van der Waals surface area contributed by atoms with E-state index in [4.69, 9.17) is 9.97 Å². The Morgan fingerprint density at radius 3 is 2.14 bits per heavy atom. The molecule has 6 rings (SSSR count). The Balaban J connectivity index is 1.43. The summed E-state index contributed by atoms with van der Waals surface area (Å²) >= 11 is 3.45. The molecule has 0 atom stereocenters. The molecule has 0 aliphatic heterocycles. The molecule has 0 amide bonds. The summed E-state index contributed by atoms with van der Waals surface area (Å²) in [4.78, 5) is 9.66. The van der Waals surface area contributed by atoms with E-state index in [9.17, 15) is 0 Å². The first-order valence-electron chi connectivity index (χ1n) is 9.10. The van der Waals surface area contributed by atoms with E-state index >= 15 is 0 Å². The first-order chi connectivity index (χ1) is 13.8. The third-order valence-electron chi connectivity index (χ3n) is 4.96. The topological polar surface area (TPSA) is 25.8 Å². The maximum Gasteiger partial charge on any atom is 0.117 e. The molecule has 0 unspecified atom stereocenters. The fourth-order valence-corrected chi connectivity index (χ4v) is 5.53. The number of rotatable bonds is 2. The van der Waals surface area contributed by atoms with Gasteiger partial charge in [-0.25, -0.2) is 9.97 Å². The summed E-state index contributed by atoms with van der Waals surface area (Å²) in [6, 6.07) is 25.5. The molecule has 4 aromatic carbocycles. The Bertz CT molecular complexity index is 1410. The molecule has 28 heavy (non-hydrogen) atoms. The fraction of sp³-hybridized carbons (Fsp3) is 0. The van der Waals surface area contributed by atoms with Crippen LogP contribution in [0.4, 0.5) is 0 Å². The average Bonchev–Trinajstić information content (AvgIpc) is 3.36. The van der Waals surface area contributed by atoms with Crippen LogP contribution in [0.15, 0.2) is 72.8 Å². The normalized spacial score (nSPS) is 12.1. The Labute approximate surface area is 169 Å². The van der Waals surface area contributed by atoms with Crippen LogP contribution in [-0.2, 0) is 0 Å². The van der Waals surface area contributed by atoms with Crippen LogP contribution in [0.1, 0.15) is 10.0 Å². The highest BCUT2D eigenvalue weighted by atomic mass is 32.1. The molecule has 2 nitrogen and oxygen atoms in total. The molecule has 132 valence electrons. The van der Waals surface area contributed by atoms with Gasteiger partial charge < -0.3 is 0 Å². The highest BCUT2D eigenvalue weighted by Crippen LogP contribution is 2.32. The molecule has 2 heterocycles. The first-order valence-corrected chi connectivity index (χ1v) is 10.7. The molecule has 0 spiro atoms. The van der Waals surface area contributed by atoms with Gasteiger partial charge in [0.25, 0.3) is 0 Å². The van der Waals surface area contributed by atoms with Gasteiger partial charge in [-0.2, -0.15) is 0 Å². The van der Waals surface area contributed by atoms with Crippen LogP contribution in [0.5, 0.6) is 0 Å². The fourth-order valence-electron chi connectivity index (χ4n) is 3.64. The highest BCUT2D eigenvalue weighted by Gasteiger charge is 2.08. The van der Waals surface area contributed by atoms with E-state index in [1.165, 1.54) is 30.9 Å². The minimum absolute atomic E-state index is 1.01. The molecule has 2 aromatic heterocycles. The predicted molar refractivity (Wildman–Crippen MR) is 123 cm³/mol. The zero-order valence-electron chi connectivity index (χ0n) is 14.8. The Morgan fingerprint density at radius 2 is 1.29 bits per heavy atom. The van der Waals surface area contributed by atoms with Crippen molar-refractivity contribution in [3.8, 4) is 0 Å². The second-order valence-corrected chi connectivity index (χ2v) is 8.80. The van der Waals surface area contributed by atoms with Crippen LogP contribution in [0.3, 0.4) is 0 Å².